The molecule has 0 unspecified atom stereocenters. The average Bonchev–Trinajstić information content (AvgIpc) is 2.90. The molecule has 0 aromatic carbocycles. The van der Waals surface area contributed by atoms with E-state index < -0.39 is 11.7 Å². The van der Waals surface area contributed by atoms with Crippen LogP contribution in [0.1, 0.15) is 12.8 Å². The van der Waals surface area contributed by atoms with E-state index in [9.17, 15) is 9.59 Å². The van der Waals surface area contributed by atoms with Gasteiger partial charge in [-0.3, -0.25) is 4.79 Å². The second-order valence-electron chi connectivity index (χ2n) is 4.66. The number of ether oxygens (including phenoxy) is 1. The molecular formula is C12H17ClN4O4. The van der Waals surface area contributed by atoms with Crippen LogP contribution in [0.5, 0.6) is 0 Å². The van der Waals surface area contributed by atoms with E-state index in [0.29, 0.717) is 38.2 Å². The molecule has 21 heavy (non-hydrogen) atoms. The minimum absolute atomic E-state index is 0.0194. The number of halogens is 1. The zero-order chi connectivity index (χ0) is 15.2. The summed E-state index contributed by atoms with van der Waals surface area (Å²) in [6, 6.07) is 0. The number of hydrogen-bond acceptors (Lipinski definition) is 6. The molecule has 1 aliphatic heterocycles. The molecule has 3 N–H and O–H groups in total. The summed E-state index contributed by atoms with van der Waals surface area (Å²) in [7, 11) is 0. The molecule has 0 radical (unpaired) electrons. The molecule has 1 atom stereocenters. The number of nitrogens with zero attached hydrogens (tertiary/aromatic N) is 2. The van der Waals surface area contributed by atoms with Crippen molar-refractivity contribution in [3.05, 3.63) is 21.6 Å². The van der Waals surface area contributed by atoms with Crippen LogP contribution in [0.3, 0.4) is 0 Å². The molecule has 8 nitrogen and oxygen atoms in total. The van der Waals surface area contributed by atoms with E-state index in [-0.39, 0.29) is 17.7 Å². The summed E-state index contributed by atoms with van der Waals surface area (Å²) < 4.78 is 5.26. The molecule has 0 spiro atoms. The van der Waals surface area contributed by atoms with Gasteiger partial charge < -0.3 is 20.1 Å². The van der Waals surface area contributed by atoms with E-state index in [1.54, 1.807) is 0 Å². The monoisotopic (exact) mass is 316 g/mol. The molecule has 1 saturated heterocycles. The van der Waals surface area contributed by atoms with Gasteiger partial charge in [0.05, 0.1) is 18.4 Å². The molecule has 1 aromatic heterocycles. The Hall–Kier alpha value is -1.80. The van der Waals surface area contributed by atoms with Crippen LogP contribution in [-0.4, -0.2) is 53.7 Å². The second kappa shape index (κ2) is 7.28. The van der Waals surface area contributed by atoms with Crippen molar-refractivity contribution in [1.82, 2.24) is 15.5 Å². The number of aliphatic hydroxyl groups is 1. The van der Waals surface area contributed by atoms with Crippen molar-refractivity contribution in [1.29, 1.82) is 0 Å². The number of carbonyl (C=O) groups is 1. The molecule has 1 aromatic rings. The first-order valence-corrected chi connectivity index (χ1v) is 7.03. The topological polar surface area (TPSA) is 108 Å². The Morgan fingerprint density at radius 3 is 3.24 bits per heavy atom. The van der Waals surface area contributed by atoms with Crippen molar-refractivity contribution in [3.8, 4) is 0 Å². The summed E-state index contributed by atoms with van der Waals surface area (Å²) in [6.07, 6.45) is 1.84. The second-order valence-corrected chi connectivity index (χ2v) is 5.04. The third kappa shape index (κ3) is 4.08. The van der Waals surface area contributed by atoms with E-state index in [1.165, 1.54) is 6.20 Å². The van der Waals surface area contributed by atoms with Crippen molar-refractivity contribution in [3.63, 3.8) is 0 Å². The fourth-order valence-electron chi connectivity index (χ4n) is 2.10. The number of carbonyl (C=O) groups excluding carboxylic acids is 1. The predicted octanol–water partition coefficient (Wildman–Crippen LogP) is 0.111. The maximum atomic E-state index is 11.5. The van der Waals surface area contributed by atoms with Gasteiger partial charge in [-0.05, 0) is 6.42 Å². The van der Waals surface area contributed by atoms with Crippen molar-refractivity contribution in [2.75, 3.05) is 31.1 Å². The maximum Gasteiger partial charge on any atom is 0.407 e. The lowest BCUT2D eigenvalue weighted by molar-refractivity contribution is 0.107. The van der Waals surface area contributed by atoms with Crippen LogP contribution in [0.4, 0.5) is 10.5 Å². The number of aromatic amines is 1. The first-order chi connectivity index (χ1) is 10.1. The molecule has 0 bridgehead atoms. The summed E-state index contributed by atoms with van der Waals surface area (Å²) in [5.41, 5.74) is 0.0903. The van der Waals surface area contributed by atoms with E-state index in [4.69, 9.17) is 21.4 Å². The lowest BCUT2D eigenvalue weighted by Crippen LogP contribution is -2.32. The molecule has 2 heterocycles. The van der Waals surface area contributed by atoms with Gasteiger partial charge >= 0.3 is 6.09 Å². The van der Waals surface area contributed by atoms with Gasteiger partial charge in [-0.2, -0.15) is 5.10 Å². The Morgan fingerprint density at radius 1 is 1.67 bits per heavy atom. The van der Waals surface area contributed by atoms with Gasteiger partial charge in [-0.15, -0.1) is 0 Å². The molecule has 1 amide bonds. The van der Waals surface area contributed by atoms with E-state index in [1.807, 2.05) is 4.90 Å². The van der Waals surface area contributed by atoms with Gasteiger partial charge in [-0.25, -0.2) is 9.89 Å². The third-order valence-corrected chi connectivity index (χ3v) is 3.51. The Morgan fingerprint density at radius 2 is 2.48 bits per heavy atom. The summed E-state index contributed by atoms with van der Waals surface area (Å²) in [5.74, 6) is 0. The SMILES string of the molecule is O=C(NCCCO)O[C@@H]1CCN(c2cn[nH]c(=O)c2Cl)C1. The Balaban J connectivity index is 1.87. The fraction of sp³-hybridized carbons (Fsp3) is 0.583. The van der Waals surface area contributed by atoms with Gasteiger partial charge in [0.15, 0.2) is 0 Å². The van der Waals surface area contributed by atoms with Gasteiger partial charge in [0.2, 0.25) is 0 Å². The summed E-state index contributed by atoms with van der Waals surface area (Å²) in [5, 5.41) is 17.2. The zero-order valence-electron chi connectivity index (χ0n) is 11.3. The molecule has 0 saturated carbocycles. The predicted molar refractivity (Wildman–Crippen MR) is 76.7 cm³/mol. The lowest BCUT2D eigenvalue weighted by Gasteiger charge is -2.18. The number of hydrogen-bond donors (Lipinski definition) is 3. The number of anilines is 1. The standard InChI is InChI=1S/C12H17ClN4O4/c13-10-9(6-15-16-11(10)19)17-4-2-8(7-17)21-12(20)14-3-1-5-18/h6,8,18H,1-5,7H2,(H,14,20)(H,16,19)/t8-/m1/s1. The number of rotatable bonds is 5. The first kappa shape index (κ1) is 15.6. The quantitative estimate of drug-likeness (QED) is 0.666. The Labute approximate surface area is 126 Å². The lowest BCUT2D eigenvalue weighted by atomic mass is 10.3. The molecule has 0 aliphatic carbocycles. The van der Waals surface area contributed by atoms with E-state index >= 15 is 0 Å². The highest BCUT2D eigenvalue weighted by Crippen LogP contribution is 2.25. The summed E-state index contributed by atoms with van der Waals surface area (Å²) in [4.78, 5) is 24.8. The highest BCUT2D eigenvalue weighted by atomic mass is 35.5. The van der Waals surface area contributed by atoms with E-state index in [0.717, 1.165) is 0 Å². The summed E-state index contributed by atoms with van der Waals surface area (Å²) in [6.45, 7) is 1.47. The largest absolute Gasteiger partial charge is 0.444 e. The van der Waals surface area contributed by atoms with Crippen molar-refractivity contribution >= 4 is 23.4 Å². The smallest absolute Gasteiger partial charge is 0.407 e. The fourth-order valence-corrected chi connectivity index (χ4v) is 2.31. The first-order valence-electron chi connectivity index (χ1n) is 6.65. The van der Waals surface area contributed by atoms with Crippen LogP contribution in [0.15, 0.2) is 11.0 Å². The van der Waals surface area contributed by atoms with Crippen LogP contribution >= 0.6 is 11.6 Å². The van der Waals surface area contributed by atoms with Crippen molar-refractivity contribution in [2.45, 2.75) is 18.9 Å². The van der Waals surface area contributed by atoms with Crippen LogP contribution < -0.4 is 15.8 Å². The van der Waals surface area contributed by atoms with Gasteiger partial charge in [0.1, 0.15) is 11.1 Å². The van der Waals surface area contributed by atoms with Crippen LogP contribution in [0, 0.1) is 0 Å². The summed E-state index contributed by atoms with van der Waals surface area (Å²) >= 11 is 5.94. The maximum absolute atomic E-state index is 11.5. The minimum Gasteiger partial charge on any atom is -0.444 e. The molecule has 9 heteroatoms. The van der Waals surface area contributed by atoms with Gasteiger partial charge in [-0.1, -0.05) is 11.6 Å². The van der Waals surface area contributed by atoms with Crippen LogP contribution in [-0.2, 0) is 4.74 Å². The minimum atomic E-state index is -0.509. The molecule has 116 valence electrons. The normalized spacial score (nSPS) is 17.8. The third-order valence-electron chi connectivity index (χ3n) is 3.14. The van der Waals surface area contributed by atoms with Gasteiger partial charge in [0, 0.05) is 26.1 Å². The number of aliphatic hydroxyl groups excluding tert-OH is 1. The van der Waals surface area contributed by atoms with E-state index in [2.05, 4.69) is 15.5 Å². The van der Waals surface area contributed by atoms with Crippen LogP contribution in [0.2, 0.25) is 5.02 Å². The highest BCUT2D eigenvalue weighted by molar-refractivity contribution is 6.33. The van der Waals surface area contributed by atoms with Crippen molar-refractivity contribution in [2.24, 2.45) is 0 Å². The average molecular weight is 317 g/mol. The number of H-pyrrole nitrogens is 1. The van der Waals surface area contributed by atoms with Gasteiger partial charge in [0.25, 0.3) is 5.56 Å². The number of aromatic nitrogens is 2. The Kier molecular flexibility index (Phi) is 5.40. The zero-order valence-corrected chi connectivity index (χ0v) is 12.1. The molecule has 1 fully saturated rings. The molecular weight excluding hydrogens is 300 g/mol. The number of nitrogens with one attached hydrogen (secondary N) is 2. The molecule has 1 aliphatic rings. The van der Waals surface area contributed by atoms with Crippen molar-refractivity contribution < 1.29 is 14.6 Å². The Bertz CT molecular complexity index is 550. The number of amides is 1. The highest BCUT2D eigenvalue weighted by Gasteiger charge is 2.27. The number of alkyl carbamates (subject to hydrolysis) is 1. The molecule has 2 rings (SSSR count). The van der Waals surface area contributed by atoms with Crippen LogP contribution in [0.25, 0.3) is 0 Å².